The number of aromatic nitrogens is 1. The molecule has 132 valence electrons. The van der Waals surface area contributed by atoms with Gasteiger partial charge in [0.2, 0.25) is 0 Å². The molecule has 1 aliphatic carbocycles. The topological polar surface area (TPSA) is 84.8 Å². The van der Waals surface area contributed by atoms with Crippen LogP contribution < -0.4 is 11.3 Å². The zero-order valence-corrected chi connectivity index (χ0v) is 14.1. The Hall–Kier alpha value is -3.15. The quantitative estimate of drug-likeness (QED) is 0.706. The average Bonchev–Trinajstić information content (AvgIpc) is 3.43. The third kappa shape index (κ3) is 2.45. The summed E-state index contributed by atoms with van der Waals surface area (Å²) >= 11 is 0. The van der Waals surface area contributed by atoms with Crippen LogP contribution in [0.2, 0.25) is 0 Å². The molecule has 0 unspecified atom stereocenters. The SMILES string of the molecule is Cc1c(-c2ccc(F)c(N)c2)ccn2c(=O)c(C(=O)O)cc(C3CC3)c12. The number of fused-ring (bicyclic) bond motifs is 1. The van der Waals surface area contributed by atoms with E-state index >= 15 is 0 Å². The maximum Gasteiger partial charge on any atom is 0.341 e. The molecule has 1 aliphatic rings. The Morgan fingerprint density at radius 3 is 2.62 bits per heavy atom. The maximum absolute atomic E-state index is 13.5. The van der Waals surface area contributed by atoms with Crippen molar-refractivity contribution >= 4 is 17.2 Å². The number of carboxylic acid groups (broad SMARTS) is 1. The number of nitrogen functional groups attached to an aromatic ring is 1. The Kier molecular flexibility index (Phi) is 3.57. The average molecular weight is 352 g/mol. The van der Waals surface area contributed by atoms with Crippen LogP contribution in [0.25, 0.3) is 16.6 Å². The van der Waals surface area contributed by atoms with Crippen LogP contribution in [0.4, 0.5) is 10.1 Å². The van der Waals surface area contributed by atoms with Gasteiger partial charge in [0, 0.05) is 6.20 Å². The van der Waals surface area contributed by atoms with Crippen molar-refractivity contribution in [1.29, 1.82) is 0 Å². The number of halogens is 1. The summed E-state index contributed by atoms with van der Waals surface area (Å²) in [6.45, 7) is 1.88. The third-order valence-corrected chi connectivity index (χ3v) is 4.97. The molecule has 0 bridgehead atoms. The third-order valence-electron chi connectivity index (χ3n) is 4.97. The molecular formula is C20H17FN2O3. The minimum atomic E-state index is -1.22. The van der Waals surface area contributed by atoms with E-state index in [0.29, 0.717) is 0 Å². The number of aromatic carboxylic acids is 1. The number of hydrogen-bond acceptors (Lipinski definition) is 3. The van der Waals surface area contributed by atoms with Crippen molar-refractivity contribution in [3.63, 3.8) is 0 Å². The number of anilines is 1. The van der Waals surface area contributed by atoms with E-state index in [1.807, 2.05) is 6.92 Å². The molecule has 1 aromatic carbocycles. The van der Waals surface area contributed by atoms with Gasteiger partial charge < -0.3 is 10.8 Å². The van der Waals surface area contributed by atoms with Gasteiger partial charge in [0.25, 0.3) is 5.56 Å². The minimum absolute atomic E-state index is 0.0582. The smallest absolute Gasteiger partial charge is 0.341 e. The van der Waals surface area contributed by atoms with Crippen LogP contribution in [0.5, 0.6) is 0 Å². The standard InChI is InChI=1S/C20H17FN2O3/c1-10-13(12-4-5-16(21)17(22)8-12)6-7-23-18(10)14(11-2-3-11)9-15(19(23)24)20(25)26/h4-9,11H,2-3,22H2,1H3,(H,25,26). The minimum Gasteiger partial charge on any atom is -0.477 e. The van der Waals surface area contributed by atoms with Crippen molar-refractivity contribution in [3.05, 3.63) is 69.4 Å². The summed E-state index contributed by atoms with van der Waals surface area (Å²) in [6.07, 6.45) is 3.53. The van der Waals surface area contributed by atoms with Gasteiger partial charge in [-0.1, -0.05) is 6.07 Å². The number of aryl methyl sites for hydroxylation is 1. The molecule has 3 N–H and O–H groups in total. The molecule has 4 rings (SSSR count). The predicted octanol–water partition coefficient (Wildman–Crippen LogP) is 3.57. The fraction of sp³-hybridized carbons (Fsp3) is 0.200. The van der Waals surface area contributed by atoms with E-state index < -0.39 is 17.3 Å². The van der Waals surface area contributed by atoms with Crippen molar-refractivity contribution in [2.75, 3.05) is 5.73 Å². The fourth-order valence-corrected chi connectivity index (χ4v) is 3.48. The molecule has 0 atom stereocenters. The second-order valence-corrected chi connectivity index (χ2v) is 6.71. The number of nitrogens with two attached hydrogens (primary N) is 1. The Bertz CT molecular complexity index is 1130. The first-order chi connectivity index (χ1) is 12.4. The summed E-state index contributed by atoms with van der Waals surface area (Å²) < 4.78 is 14.9. The molecule has 0 saturated heterocycles. The van der Waals surface area contributed by atoms with E-state index in [0.717, 1.165) is 40.6 Å². The van der Waals surface area contributed by atoms with Gasteiger partial charge in [0.1, 0.15) is 11.4 Å². The molecule has 0 amide bonds. The van der Waals surface area contributed by atoms with E-state index in [9.17, 15) is 19.1 Å². The molecule has 1 saturated carbocycles. The Balaban J connectivity index is 2.05. The van der Waals surface area contributed by atoms with Crippen LogP contribution >= 0.6 is 0 Å². The lowest BCUT2D eigenvalue weighted by atomic mass is 9.96. The normalized spacial score (nSPS) is 13.9. The summed E-state index contributed by atoms with van der Waals surface area (Å²) in [6, 6.07) is 7.77. The molecule has 5 nitrogen and oxygen atoms in total. The lowest BCUT2D eigenvalue weighted by molar-refractivity contribution is 0.0694. The fourth-order valence-electron chi connectivity index (χ4n) is 3.48. The largest absolute Gasteiger partial charge is 0.477 e. The lowest BCUT2D eigenvalue weighted by Crippen LogP contribution is -2.23. The van der Waals surface area contributed by atoms with E-state index in [4.69, 9.17) is 5.73 Å². The summed E-state index contributed by atoms with van der Waals surface area (Å²) in [5, 5.41) is 9.35. The lowest BCUT2D eigenvalue weighted by Gasteiger charge is -2.15. The van der Waals surface area contributed by atoms with Crippen LogP contribution in [0, 0.1) is 12.7 Å². The number of pyridine rings is 2. The van der Waals surface area contributed by atoms with E-state index in [-0.39, 0.29) is 17.2 Å². The van der Waals surface area contributed by atoms with Crippen LogP contribution in [-0.4, -0.2) is 15.5 Å². The highest BCUT2D eigenvalue weighted by Gasteiger charge is 2.29. The first-order valence-electron chi connectivity index (χ1n) is 8.36. The first-order valence-corrected chi connectivity index (χ1v) is 8.36. The summed E-state index contributed by atoms with van der Waals surface area (Å²) in [4.78, 5) is 24.0. The van der Waals surface area contributed by atoms with Crippen LogP contribution in [0.1, 0.15) is 40.2 Å². The molecule has 0 aliphatic heterocycles. The second kappa shape index (κ2) is 5.69. The monoisotopic (exact) mass is 352 g/mol. The highest BCUT2D eigenvalue weighted by atomic mass is 19.1. The molecule has 1 fully saturated rings. The number of rotatable bonds is 3. The van der Waals surface area contributed by atoms with Crippen LogP contribution in [0.3, 0.4) is 0 Å². The van der Waals surface area contributed by atoms with Gasteiger partial charge in [-0.3, -0.25) is 9.20 Å². The van der Waals surface area contributed by atoms with Gasteiger partial charge in [-0.2, -0.15) is 0 Å². The number of carbonyl (C=O) groups is 1. The van der Waals surface area contributed by atoms with Gasteiger partial charge in [-0.25, -0.2) is 9.18 Å². The molecule has 3 aromatic rings. The van der Waals surface area contributed by atoms with Crippen LogP contribution in [0.15, 0.2) is 41.3 Å². The second-order valence-electron chi connectivity index (χ2n) is 6.71. The summed E-state index contributed by atoms with van der Waals surface area (Å²) in [7, 11) is 0. The number of nitrogens with zero attached hydrogens (tertiary/aromatic N) is 1. The number of carboxylic acids is 1. The van der Waals surface area contributed by atoms with Gasteiger partial charge >= 0.3 is 5.97 Å². The predicted molar refractivity (Wildman–Crippen MR) is 97.1 cm³/mol. The molecule has 0 spiro atoms. The molecular weight excluding hydrogens is 335 g/mol. The van der Waals surface area contributed by atoms with Gasteiger partial charge in [0.15, 0.2) is 0 Å². The Morgan fingerprint density at radius 2 is 2.00 bits per heavy atom. The van der Waals surface area contributed by atoms with Crippen molar-refractivity contribution in [2.24, 2.45) is 0 Å². The van der Waals surface area contributed by atoms with Gasteiger partial charge in [0.05, 0.1) is 11.2 Å². The van der Waals surface area contributed by atoms with Crippen molar-refractivity contribution < 1.29 is 14.3 Å². The van der Waals surface area contributed by atoms with Gasteiger partial charge in [-0.05, 0) is 72.2 Å². The molecule has 6 heteroatoms. The molecule has 26 heavy (non-hydrogen) atoms. The van der Waals surface area contributed by atoms with Crippen molar-refractivity contribution in [2.45, 2.75) is 25.7 Å². The van der Waals surface area contributed by atoms with E-state index in [1.165, 1.54) is 16.5 Å². The van der Waals surface area contributed by atoms with Gasteiger partial charge in [-0.15, -0.1) is 0 Å². The molecule has 2 heterocycles. The Morgan fingerprint density at radius 1 is 1.27 bits per heavy atom. The first kappa shape index (κ1) is 16.3. The Labute approximate surface area is 148 Å². The van der Waals surface area contributed by atoms with E-state index in [1.54, 1.807) is 24.4 Å². The zero-order chi connectivity index (χ0) is 18.6. The highest BCUT2D eigenvalue weighted by Crippen LogP contribution is 2.43. The van der Waals surface area contributed by atoms with Crippen molar-refractivity contribution in [3.8, 4) is 11.1 Å². The van der Waals surface area contributed by atoms with Crippen LogP contribution in [-0.2, 0) is 0 Å². The molecule has 0 radical (unpaired) electrons. The van der Waals surface area contributed by atoms with E-state index in [2.05, 4.69) is 0 Å². The van der Waals surface area contributed by atoms with Crippen molar-refractivity contribution in [1.82, 2.24) is 4.40 Å². The highest BCUT2D eigenvalue weighted by molar-refractivity contribution is 5.89. The molecule has 2 aromatic heterocycles. The number of hydrogen-bond donors (Lipinski definition) is 2. The number of benzene rings is 1. The summed E-state index contributed by atoms with van der Waals surface area (Å²) in [5.74, 6) is -1.44. The maximum atomic E-state index is 13.5. The zero-order valence-electron chi connectivity index (χ0n) is 14.1. The summed E-state index contributed by atoms with van der Waals surface area (Å²) in [5.41, 5.74) is 9.00.